The number of likely N-dealkylation sites (N-methyl/N-ethyl adjacent to an activating group) is 1. The van der Waals surface area contributed by atoms with Crippen molar-refractivity contribution < 1.29 is 9.18 Å². The highest BCUT2D eigenvalue weighted by Gasteiger charge is 2.13. The minimum atomic E-state index is -0.289. The Morgan fingerprint density at radius 1 is 1.48 bits per heavy atom. The fraction of sp³-hybridized carbons (Fsp3) is 0.200. The van der Waals surface area contributed by atoms with E-state index in [1.54, 1.807) is 24.1 Å². The number of carbonyl (C=O) groups excluding carboxylic acids is 1. The molecule has 2 heterocycles. The zero-order valence-corrected chi connectivity index (χ0v) is 12.3. The van der Waals surface area contributed by atoms with Crippen LogP contribution in [0.25, 0.3) is 4.96 Å². The first kappa shape index (κ1) is 13.8. The third kappa shape index (κ3) is 3.11. The number of hydrogen-bond acceptors (Lipinski definition) is 3. The van der Waals surface area contributed by atoms with Gasteiger partial charge in [0.2, 0.25) is 5.91 Å². The number of aromatic nitrogens is 2. The number of carbonyl (C=O) groups is 1. The normalized spacial score (nSPS) is 11.0. The summed E-state index contributed by atoms with van der Waals surface area (Å²) in [5, 5.41) is 1.95. The number of benzene rings is 1. The fourth-order valence-corrected chi connectivity index (χ4v) is 2.87. The van der Waals surface area contributed by atoms with Gasteiger partial charge in [0.05, 0.1) is 12.1 Å². The maximum absolute atomic E-state index is 13.1. The highest BCUT2D eigenvalue weighted by Crippen LogP contribution is 2.13. The van der Waals surface area contributed by atoms with Gasteiger partial charge in [-0.1, -0.05) is 12.1 Å². The van der Waals surface area contributed by atoms with Crippen LogP contribution in [0.3, 0.4) is 0 Å². The molecule has 21 heavy (non-hydrogen) atoms. The largest absolute Gasteiger partial charge is 0.341 e. The van der Waals surface area contributed by atoms with Gasteiger partial charge in [0.25, 0.3) is 0 Å². The van der Waals surface area contributed by atoms with Gasteiger partial charge in [0.1, 0.15) is 5.82 Å². The SMILES string of the molecule is CN(Cc1cccc(F)c1)C(=O)Cc1cn2ccsc2n1. The van der Waals surface area contributed by atoms with Crippen LogP contribution in [0.4, 0.5) is 4.39 Å². The molecule has 0 N–H and O–H groups in total. The van der Waals surface area contributed by atoms with Gasteiger partial charge in [-0.15, -0.1) is 11.3 Å². The molecule has 1 amide bonds. The summed E-state index contributed by atoms with van der Waals surface area (Å²) < 4.78 is 15.0. The van der Waals surface area contributed by atoms with Gasteiger partial charge in [-0.25, -0.2) is 9.37 Å². The second kappa shape index (κ2) is 5.65. The van der Waals surface area contributed by atoms with Crippen LogP contribution in [-0.4, -0.2) is 27.2 Å². The molecule has 0 bridgehead atoms. The molecule has 0 saturated carbocycles. The molecular weight excluding hydrogens is 289 g/mol. The monoisotopic (exact) mass is 303 g/mol. The van der Waals surface area contributed by atoms with Crippen LogP contribution >= 0.6 is 11.3 Å². The lowest BCUT2D eigenvalue weighted by Gasteiger charge is -2.16. The van der Waals surface area contributed by atoms with Crippen LogP contribution < -0.4 is 0 Å². The average Bonchev–Trinajstić information content (AvgIpc) is 2.99. The minimum Gasteiger partial charge on any atom is -0.341 e. The molecule has 4 nitrogen and oxygen atoms in total. The maximum atomic E-state index is 13.1. The Labute approximate surface area is 125 Å². The molecule has 0 aliphatic rings. The zero-order valence-electron chi connectivity index (χ0n) is 11.5. The number of halogens is 1. The van der Waals surface area contributed by atoms with E-state index < -0.39 is 0 Å². The first-order valence-corrected chi connectivity index (χ1v) is 7.39. The van der Waals surface area contributed by atoms with Crippen molar-refractivity contribution in [2.24, 2.45) is 0 Å². The summed E-state index contributed by atoms with van der Waals surface area (Å²) in [6, 6.07) is 6.28. The van der Waals surface area contributed by atoms with Crippen molar-refractivity contribution in [3.8, 4) is 0 Å². The van der Waals surface area contributed by atoms with Crippen molar-refractivity contribution in [2.45, 2.75) is 13.0 Å². The molecule has 0 radical (unpaired) electrons. The van der Waals surface area contributed by atoms with E-state index in [0.717, 1.165) is 16.2 Å². The van der Waals surface area contributed by atoms with Crippen molar-refractivity contribution in [1.82, 2.24) is 14.3 Å². The molecule has 2 aromatic heterocycles. The van der Waals surface area contributed by atoms with Crippen LogP contribution in [-0.2, 0) is 17.8 Å². The van der Waals surface area contributed by atoms with E-state index in [2.05, 4.69) is 4.98 Å². The topological polar surface area (TPSA) is 37.6 Å². The summed E-state index contributed by atoms with van der Waals surface area (Å²) in [4.78, 5) is 19.0. The van der Waals surface area contributed by atoms with Gasteiger partial charge in [0.15, 0.2) is 4.96 Å². The molecule has 0 aliphatic carbocycles. The lowest BCUT2D eigenvalue weighted by atomic mass is 10.2. The lowest BCUT2D eigenvalue weighted by molar-refractivity contribution is -0.129. The Morgan fingerprint density at radius 2 is 2.33 bits per heavy atom. The van der Waals surface area contributed by atoms with E-state index in [9.17, 15) is 9.18 Å². The van der Waals surface area contributed by atoms with Gasteiger partial charge in [-0.2, -0.15) is 0 Å². The van der Waals surface area contributed by atoms with E-state index in [-0.39, 0.29) is 18.1 Å². The molecule has 0 fully saturated rings. The highest BCUT2D eigenvalue weighted by molar-refractivity contribution is 7.15. The Morgan fingerprint density at radius 3 is 3.10 bits per heavy atom. The zero-order chi connectivity index (χ0) is 14.8. The van der Waals surface area contributed by atoms with Crippen molar-refractivity contribution in [3.63, 3.8) is 0 Å². The maximum Gasteiger partial charge on any atom is 0.228 e. The van der Waals surface area contributed by atoms with Gasteiger partial charge >= 0.3 is 0 Å². The van der Waals surface area contributed by atoms with Crippen LogP contribution in [0.1, 0.15) is 11.3 Å². The van der Waals surface area contributed by atoms with Crippen molar-refractivity contribution in [3.05, 3.63) is 59.1 Å². The first-order valence-electron chi connectivity index (χ1n) is 6.51. The minimum absolute atomic E-state index is 0.0370. The summed E-state index contributed by atoms with van der Waals surface area (Å²) >= 11 is 1.53. The standard InChI is InChI=1S/C15H14FN3OS/c1-18(9-11-3-2-4-12(16)7-11)14(20)8-13-10-19-5-6-21-15(19)17-13/h2-7,10H,8-9H2,1H3. The molecule has 6 heteroatoms. The molecule has 108 valence electrons. The number of thiazole rings is 1. The van der Waals surface area contributed by atoms with Crippen molar-refractivity contribution in [2.75, 3.05) is 7.05 Å². The number of amides is 1. The van der Waals surface area contributed by atoms with Crippen molar-refractivity contribution in [1.29, 1.82) is 0 Å². The third-order valence-electron chi connectivity index (χ3n) is 3.21. The van der Waals surface area contributed by atoms with E-state index >= 15 is 0 Å². The molecular formula is C15H14FN3OS. The number of imidazole rings is 1. The van der Waals surface area contributed by atoms with Gasteiger partial charge < -0.3 is 4.90 Å². The van der Waals surface area contributed by atoms with E-state index in [4.69, 9.17) is 0 Å². The van der Waals surface area contributed by atoms with Crippen LogP contribution in [0.5, 0.6) is 0 Å². The van der Waals surface area contributed by atoms with Crippen LogP contribution in [0, 0.1) is 5.82 Å². The molecule has 0 spiro atoms. The fourth-order valence-electron chi connectivity index (χ4n) is 2.15. The summed E-state index contributed by atoms with van der Waals surface area (Å²) in [6.45, 7) is 0.388. The second-order valence-electron chi connectivity index (χ2n) is 4.88. The van der Waals surface area contributed by atoms with Gasteiger partial charge in [0, 0.05) is 31.4 Å². The summed E-state index contributed by atoms with van der Waals surface area (Å²) in [7, 11) is 1.71. The Bertz CT molecular complexity index is 751. The molecule has 1 aromatic carbocycles. The predicted octanol–water partition coefficient (Wildman–Crippen LogP) is 2.74. The number of hydrogen-bond donors (Lipinski definition) is 0. The molecule has 3 aromatic rings. The third-order valence-corrected chi connectivity index (χ3v) is 3.98. The Balaban J connectivity index is 1.65. The molecule has 0 saturated heterocycles. The quantitative estimate of drug-likeness (QED) is 0.743. The molecule has 3 rings (SSSR count). The summed E-state index contributed by atoms with van der Waals surface area (Å²) in [6.07, 6.45) is 4.03. The van der Waals surface area contributed by atoms with Crippen LogP contribution in [0.15, 0.2) is 42.0 Å². The number of nitrogens with zero attached hydrogens (tertiary/aromatic N) is 3. The summed E-state index contributed by atoms with van der Waals surface area (Å²) in [5.41, 5.74) is 1.52. The number of rotatable bonds is 4. The van der Waals surface area contributed by atoms with E-state index in [1.165, 1.54) is 23.5 Å². The Hall–Kier alpha value is -2.21. The second-order valence-corrected chi connectivity index (χ2v) is 5.75. The molecule has 0 unspecified atom stereocenters. The smallest absolute Gasteiger partial charge is 0.228 e. The predicted molar refractivity (Wildman–Crippen MR) is 79.6 cm³/mol. The number of fused-ring (bicyclic) bond motifs is 1. The lowest BCUT2D eigenvalue weighted by Crippen LogP contribution is -2.27. The molecule has 0 aliphatic heterocycles. The first-order chi connectivity index (χ1) is 10.1. The molecule has 0 atom stereocenters. The van der Waals surface area contributed by atoms with Crippen LogP contribution in [0.2, 0.25) is 0 Å². The van der Waals surface area contributed by atoms with E-state index in [0.29, 0.717) is 6.54 Å². The van der Waals surface area contributed by atoms with E-state index in [1.807, 2.05) is 22.2 Å². The summed E-state index contributed by atoms with van der Waals surface area (Å²) in [5.74, 6) is -0.326. The Kier molecular flexibility index (Phi) is 3.70. The highest BCUT2D eigenvalue weighted by atomic mass is 32.1. The average molecular weight is 303 g/mol. The van der Waals surface area contributed by atoms with Gasteiger partial charge in [-0.3, -0.25) is 9.20 Å². The van der Waals surface area contributed by atoms with Crippen molar-refractivity contribution >= 4 is 22.2 Å². The van der Waals surface area contributed by atoms with Gasteiger partial charge in [-0.05, 0) is 17.7 Å².